The summed E-state index contributed by atoms with van der Waals surface area (Å²) < 4.78 is 2.02. The van der Waals surface area contributed by atoms with Gasteiger partial charge in [0.15, 0.2) is 0 Å². The lowest BCUT2D eigenvalue weighted by atomic mass is 10.1. The van der Waals surface area contributed by atoms with Crippen LogP contribution in [0.2, 0.25) is 0 Å². The highest BCUT2D eigenvalue weighted by molar-refractivity contribution is 5.96. The molecule has 0 unspecified atom stereocenters. The molecule has 0 spiro atoms. The van der Waals surface area contributed by atoms with Crippen molar-refractivity contribution in [2.45, 2.75) is 33.7 Å². The molecule has 5 heteroatoms. The Morgan fingerprint density at radius 3 is 2.34 bits per heavy atom. The number of nitrogens with zero attached hydrogens (tertiary/aromatic N) is 3. The Kier molecular flexibility index (Phi) is 8.25. The number of rotatable bonds is 10. The third-order valence-corrected chi connectivity index (χ3v) is 4.91. The summed E-state index contributed by atoms with van der Waals surface area (Å²) in [6.07, 6.45) is 4.56. The summed E-state index contributed by atoms with van der Waals surface area (Å²) in [4.78, 5) is 29.5. The molecule has 1 aromatic heterocycles. The molecule has 0 saturated heterocycles. The van der Waals surface area contributed by atoms with Gasteiger partial charge in [0.2, 0.25) is 5.91 Å². The number of carbonyl (C=O) groups is 2. The molecule has 0 saturated carbocycles. The van der Waals surface area contributed by atoms with Gasteiger partial charge in [-0.2, -0.15) is 0 Å². The zero-order chi connectivity index (χ0) is 21.4. The van der Waals surface area contributed by atoms with Gasteiger partial charge < -0.3 is 14.4 Å². The van der Waals surface area contributed by atoms with Crippen LogP contribution in [0.1, 0.15) is 42.4 Å². The maximum absolute atomic E-state index is 13.1. The minimum atomic E-state index is -0.149. The van der Waals surface area contributed by atoms with Crippen LogP contribution in [0.15, 0.2) is 55.3 Å². The van der Waals surface area contributed by atoms with Gasteiger partial charge in [-0.1, -0.05) is 39.0 Å². The predicted octanol–water partition coefficient (Wildman–Crippen LogP) is 3.90. The SMILES string of the molecule is C=CCN(CC(=O)N(Cc1cccn1C)CC(C)C)C(=O)c1ccc(CC)cc1. The maximum atomic E-state index is 13.1. The smallest absolute Gasteiger partial charge is 0.254 e. The Hall–Kier alpha value is -2.82. The summed E-state index contributed by atoms with van der Waals surface area (Å²) in [6, 6.07) is 11.6. The lowest BCUT2D eigenvalue weighted by molar-refractivity contribution is -0.133. The number of aromatic nitrogens is 1. The van der Waals surface area contributed by atoms with Crippen molar-refractivity contribution in [1.29, 1.82) is 0 Å². The lowest BCUT2D eigenvalue weighted by Gasteiger charge is -2.28. The topological polar surface area (TPSA) is 45.6 Å². The van der Waals surface area contributed by atoms with Crippen molar-refractivity contribution in [2.75, 3.05) is 19.6 Å². The van der Waals surface area contributed by atoms with Crippen LogP contribution in [0.3, 0.4) is 0 Å². The third-order valence-electron chi connectivity index (χ3n) is 4.91. The molecule has 29 heavy (non-hydrogen) atoms. The Morgan fingerprint density at radius 1 is 1.14 bits per heavy atom. The molecule has 1 aromatic carbocycles. The van der Waals surface area contributed by atoms with Gasteiger partial charge in [-0.05, 0) is 42.2 Å². The van der Waals surface area contributed by atoms with Gasteiger partial charge in [0.1, 0.15) is 6.54 Å². The average Bonchev–Trinajstić information content (AvgIpc) is 3.10. The van der Waals surface area contributed by atoms with Crippen LogP contribution in [0.5, 0.6) is 0 Å². The van der Waals surface area contributed by atoms with Crippen molar-refractivity contribution in [2.24, 2.45) is 13.0 Å². The van der Waals surface area contributed by atoms with Crippen LogP contribution in [-0.4, -0.2) is 45.8 Å². The standard InChI is InChI=1S/C24H33N3O2/c1-6-14-26(24(29)21-12-10-20(7-2)11-13-21)18-23(28)27(16-19(3)4)17-22-9-8-15-25(22)5/h6,8-13,15,19H,1,7,14,16-18H2,2-5H3. The second-order valence-corrected chi connectivity index (χ2v) is 7.80. The van der Waals surface area contributed by atoms with E-state index in [2.05, 4.69) is 27.4 Å². The summed E-state index contributed by atoms with van der Waals surface area (Å²) in [7, 11) is 1.97. The van der Waals surface area contributed by atoms with E-state index in [-0.39, 0.29) is 18.4 Å². The number of benzene rings is 1. The number of aryl methyl sites for hydroxylation is 2. The summed E-state index contributed by atoms with van der Waals surface area (Å²) in [5, 5.41) is 0. The molecule has 0 aliphatic rings. The first-order chi connectivity index (χ1) is 13.8. The van der Waals surface area contributed by atoms with Crippen LogP contribution < -0.4 is 0 Å². The monoisotopic (exact) mass is 395 g/mol. The second-order valence-electron chi connectivity index (χ2n) is 7.80. The van der Waals surface area contributed by atoms with Crippen molar-refractivity contribution < 1.29 is 9.59 Å². The summed E-state index contributed by atoms with van der Waals surface area (Å²) >= 11 is 0. The summed E-state index contributed by atoms with van der Waals surface area (Å²) in [5.74, 6) is 0.133. The molecule has 0 aliphatic heterocycles. The van der Waals surface area contributed by atoms with Crippen LogP contribution in [0.4, 0.5) is 0 Å². The van der Waals surface area contributed by atoms with Crippen LogP contribution >= 0.6 is 0 Å². The molecule has 0 radical (unpaired) electrons. The van der Waals surface area contributed by atoms with Crippen molar-refractivity contribution in [3.8, 4) is 0 Å². The van der Waals surface area contributed by atoms with E-state index in [1.54, 1.807) is 11.0 Å². The number of hydrogen-bond acceptors (Lipinski definition) is 2. The van der Waals surface area contributed by atoms with E-state index in [9.17, 15) is 9.59 Å². The minimum absolute atomic E-state index is 0.0392. The van der Waals surface area contributed by atoms with Crippen LogP contribution in [0.25, 0.3) is 0 Å². The molecule has 0 N–H and O–H groups in total. The highest BCUT2D eigenvalue weighted by atomic mass is 16.2. The molecule has 0 aliphatic carbocycles. The van der Waals surface area contributed by atoms with Gasteiger partial charge >= 0.3 is 0 Å². The van der Waals surface area contributed by atoms with Gasteiger partial charge in [0.25, 0.3) is 5.91 Å². The van der Waals surface area contributed by atoms with Gasteiger partial charge in [0, 0.05) is 37.6 Å². The van der Waals surface area contributed by atoms with Crippen molar-refractivity contribution in [3.05, 3.63) is 72.1 Å². The highest BCUT2D eigenvalue weighted by Gasteiger charge is 2.23. The van der Waals surface area contributed by atoms with E-state index in [0.717, 1.165) is 12.1 Å². The van der Waals surface area contributed by atoms with E-state index in [1.165, 1.54) is 5.56 Å². The van der Waals surface area contributed by atoms with E-state index < -0.39 is 0 Å². The molecule has 2 aromatic rings. The average molecular weight is 396 g/mol. The fraction of sp³-hybridized carbons (Fsp3) is 0.417. The first-order valence-corrected chi connectivity index (χ1v) is 10.2. The molecule has 2 amide bonds. The second kappa shape index (κ2) is 10.6. The normalized spacial score (nSPS) is 10.8. The third kappa shape index (κ3) is 6.34. The van der Waals surface area contributed by atoms with Gasteiger partial charge in [-0.15, -0.1) is 6.58 Å². The Bertz CT molecular complexity index is 821. The lowest BCUT2D eigenvalue weighted by Crippen LogP contribution is -2.44. The van der Waals surface area contributed by atoms with Gasteiger partial charge in [0.05, 0.1) is 6.54 Å². The fourth-order valence-electron chi connectivity index (χ4n) is 3.26. The van der Waals surface area contributed by atoms with Crippen molar-refractivity contribution in [1.82, 2.24) is 14.4 Å². The van der Waals surface area contributed by atoms with E-state index in [0.29, 0.717) is 31.1 Å². The number of carbonyl (C=O) groups excluding carboxylic acids is 2. The molecule has 0 bridgehead atoms. The Balaban J connectivity index is 2.16. The summed E-state index contributed by atoms with van der Waals surface area (Å²) in [5.41, 5.74) is 2.84. The molecular weight excluding hydrogens is 362 g/mol. The van der Waals surface area contributed by atoms with E-state index >= 15 is 0 Å². The number of hydrogen-bond donors (Lipinski definition) is 0. The first kappa shape index (κ1) is 22.5. The highest BCUT2D eigenvalue weighted by Crippen LogP contribution is 2.12. The fourth-order valence-corrected chi connectivity index (χ4v) is 3.26. The molecule has 1 heterocycles. The molecule has 0 fully saturated rings. The number of amides is 2. The van der Waals surface area contributed by atoms with Crippen molar-refractivity contribution in [3.63, 3.8) is 0 Å². The maximum Gasteiger partial charge on any atom is 0.254 e. The minimum Gasteiger partial charge on any atom is -0.353 e. The first-order valence-electron chi connectivity index (χ1n) is 10.2. The Labute approximate surface area is 174 Å². The molecule has 2 rings (SSSR count). The molecular formula is C24H33N3O2. The summed E-state index contributed by atoms with van der Waals surface area (Å²) in [6.45, 7) is 11.6. The largest absolute Gasteiger partial charge is 0.353 e. The van der Waals surface area contributed by atoms with E-state index in [4.69, 9.17) is 0 Å². The quantitative estimate of drug-likeness (QED) is 0.573. The van der Waals surface area contributed by atoms with Crippen LogP contribution in [0, 0.1) is 5.92 Å². The Morgan fingerprint density at radius 2 is 1.83 bits per heavy atom. The molecule has 156 valence electrons. The zero-order valence-electron chi connectivity index (χ0n) is 18.1. The van der Waals surface area contributed by atoms with Gasteiger partial charge in [-0.25, -0.2) is 0 Å². The molecule has 0 atom stereocenters. The predicted molar refractivity (Wildman–Crippen MR) is 118 cm³/mol. The molecule has 5 nitrogen and oxygen atoms in total. The van der Waals surface area contributed by atoms with Crippen LogP contribution in [-0.2, 0) is 24.8 Å². The zero-order valence-corrected chi connectivity index (χ0v) is 18.1. The van der Waals surface area contributed by atoms with Crippen molar-refractivity contribution >= 4 is 11.8 Å². The van der Waals surface area contributed by atoms with Gasteiger partial charge in [-0.3, -0.25) is 9.59 Å². The van der Waals surface area contributed by atoms with E-state index in [1.807, 2.05) is 59.1 Å².